The number of rotatable bonds is 6. The minimum Gasteiger partial charge on any atom is -0.548 e. The first-order valence-electron chi connectivity index (χ1n) is 5.71. The second-order valence-electron chi connectivity index (χ2n) is 4.58. The molecule has 0 heterocycles. The zero-order valence-electron chi connectivity index (χ0n) is 10.6. The molecule has 106 valence electrons. The van der Waals surface area contributed by atoms with E-state index in [2.05, 4.69) is 20.7 Å². The SMILES string of the molecule is CC(C)C[C@H](NS(=O)(=O)c1ccc(Br)cc1)C(=O)[O-]. The molecule has 0 radical (unpaired) electrons. The number of carbonyl (C=O) groups excluding carboxylic acids is 1. The largest absolute Gasteiger partial charge is 0.548 e. The van der Waals surface area contributed by atoms with Gasteiger partial charge in [0.15, 0.2) is 0 Å². The van der Waals surface area contributed by atoms with Gasteiger partial charge in [0.1, 0.15) is 0 Å². The quantitative estimate of drug-likeness (QED) is 0.827. The first-order valence-corrected chi connectivity index (χ1v) is 7.98. The van der Waals surface area contributed by atoms with Crippen molar-refractivity contribution >= 4 is 31.9 Å². The van der Waals surface area contributed by atoms with E-state index in [4.69, 9.17) is 0 Å². The summed E-state index contributed by atoms with van der Waals surface area (Å²) in [4.78, 5) is 11.0. The summed E-state index contributed by atoms with van der Waals surface area (Å²) in [5, 5.41) is 11.0. The van der Waals surface area contributed by atoms with Crippen molar-refractivity contribution in [3.63, 3.8) is 0 Å². The van der Waals surface area contributed by atoms with Gasteiger partial charge in [0, 0.05) is 4.47 Å². The Balaban J connectivity index is 2.94. The van der Waals surface area contributed by atoms with Crippen molar-refractivity contribution in [1.82, 2.24) is 4.72 Å². The Morgan fingerprint density at radius 1 is 1.32 bits per heavy atom. The highest BCUT2D eigenvalue weighted by Gasteiger charge is 2.21. The van der Waals surface area contributed by atoms with Crippen LogP contribution in [0, 0.1) is 5.92 Å². The summed E-state index contributed by atoms with van der Waals surface area (Å²) < 4.78 is 26.9. The normalized spacial score (nSPS) is 13.5. The van der Waals surface area contributed by atoms with Crippen LogP contribution in [0.25, 0.3) is 0 Å². The van der Waals surface area contributed by atoms with E-state index >= 15 is 0 Å². The van der Waals surface area contributed by atoms with E-state index in [1.165, 1.54) is 12.1 Å². The van der Waals surface area contributed by atoms with Crippen LogP contribution in [-0.2, 0) is 14.8 Å². The molecule has 0 fully saturated rings. The van der Waals surface area contributed by atoms with E-state index in [1.54, 1.807) is 12.1 Å². The maximum atomic E-state index is 12.0. The van der Waals surface area contributed by atoms with Gasteiger partial charge in [-0.2, -0.15) is 0 Å². The first-order chi connectivity index (χ1) is 8.72. The molecule has 1 rings (SSSR count). The van der Waals surface area contributed by atoms with E-state index in [-0.39, 0.29) is 17.2 Å². The smallest absolute Gasteiger partial charge is 0.241 e. The van der Waals surface area contributed by atoms with Gasteiger partial charge in [-0.05, 0) is 36.6 Å². The highest BCUT2D eigenvalue weighted by molar-refractivity contribution is 9.10. The molecule has 1 atom stereocenters. The zero-order chi connectivity index (χ0) is 14.6. The van der Waals surface area contributed by atoms with Crippen molar-refractivity contribution in [1.29, 1.82) is 0 Å². The molecule has 0 amide bonds. The number of benzene rings is 1. The summed E-state index contributed by atoms with van der Waals surface area (Å²) in [5.41, 5.74) is 0. The second kappa shape index (κ2) is 6.49. The molecule has 0 aliphatic carbocycles. The number of carboxylic acid groups (broad SMARTS) is 1. The molecule has 0 saturated carbocycles. The van der Waals surface area contributed by atoms with Gasteiger partial charge >= 0.3 is 0 Å². The van der Waals surface area contributed by atoms with Crippen molar-refractivity contribution in [2.75, 3.05) is 0 Å². The highest BCUT2D eigenvalue weighted by atomic mass is 79.9. The second-order valence-corrected chi connectivity index (χ2v) is 7.21. The average molecular weight is 349 g/mol. The molecule has 0 spiro atoms. The van der Waals surface area contributed by atoms with Gasteiger partial charge in [-0.15, -0.1) is 0 Å². The third kappa shape index (κ3) is 4.93. The monoisotopic (exact) mass is 348 g/mol. The number of hydrogen-bond donors (Lipinski definition) is 1. The minimum absolute atomic E-state index is 0.0192. The lowest BCUT2D eigenvalue weighted by Crippen LogP contribution is -2.48. The van der Waals surface area contributed by atoms with Gasteiger partial charge in [-0.25, -0.2) is 13.1 Å². The summed E-state index contributed by atoms with van der Waals surface area (Å²) in [7, 11) is -3.86. The summed E-state index contributed by atoms with van der Waals surface area (Å²) in [6.45, 7) is 3.62. The third-order valence-corrected chi connectivity index (χ3v) is 4.43. The molecule has 0 bridgehead atoms. The van der Waals surface area contributed by atoms with Crippen molar-refractivity contribution in [3.8, 4) is 0 Å². The number of halogens is 1. The van der Waals surface area contributed by atoms with Crippen LogP contribution >= 0.6 is 15.9 Å². The predicted molar refractivity (Wildman–Crippen MR) is 72.7 cm³/mol. The fourth-order valence-electron chi connectivity index (χ4n) is 1.53. The van der Waals surface area contributed by atoms with Crippen LogP contribution in [0.1, 0.15) is 20.3 Å². The molecular weight excluding hydrogens is 334 g/mol. The van der Waals surface area contributed by atoms with E-state index in [9.17, 15) is 18.3 Å². The van der Waals surface area contributed by atoms with Gasteiger partial charge in [0.25, 0.3) is 0 Å². The minimum atomic E-state index is -3.86. The van der Waals surface area contributed by atoms with Crippen LogP contribution in [0.2, 0.25) is 0 Å². The molecule has 0 aliphatic rings. The summed E-state index contributed by atoms with van der Waals surface area (Å²) in [5.74, 6) is -1.38. The maximum Gasteiger partial charge on any atom is 0.241 e. The van der Waals surface area contributed by atoms with E-state index in [0.29, 0.717) is 0 Å². The van der Waals surface area contributed by atoms with E-state index in [0.717, 1.165) is 4.47 Å². The van der Waals surface area contributed by atoms with Crippen LogP contribution < -0.4 is 9.83 Å². The topological polar surface area (TPSA) is 86.3 Å². The van der Waals surface area contributed by atoms with E-state index in [1.807, 2.05) is 13.8 Å². The van der Waals surface area contributed by atoms with Gasteiger partial charge in [-0.1, -0.05) is 29.8 Å². The van der Waals surface area contributed by atoms with Gasteiger partial charge in [0.05, 0.1) is 16.9 Å². The Morgan fingerprint density at radius 3 is 2.26 bits per heavy atom. The first kappa shape index (κ1) is 16.1. The fourth-order valence-corrected chi connectivity index (χ4v) is 2.99. The zero-order valence-corrected chi connectivity index (χ0v) is 13.0. The molecule has 0 aliphatic heterocycles. The Bertz CT molecular complexity index is 539. The molecule has 0 saturated heterocycles. The molecule has 0 aromatic heterocycles. The standard InChI is InChI=1S/C12H16BrNO4S/c1-8(2)7-11(12(15)16)14-19(17,18)10-5-3-9(13)4-6-10/h3-6,8,11,14H,7H2,1-2H3,(H,15,16)/p-1/t11-/m0/s1. The van der Waals surface area contributed by atoms with Crippen LogP contribution in [0.5, 0.6) is 0 Å². The predicted octanol–water partition coefficient (Wildman–Crippen LogP) is 0.892. The molecule has 5 nitrogen and oxygen atoms in total. The van der Waals surface area contributed by atoms with Gasteiger partial charge < -0.3 is 9.90 Å². The Hall–Kier alpha value is -0.920. The van der Waals surface area contributed by atoms with Crippen molar-refractivity contribution in [3.05, 3.63) is 28.7 Å². The number of aliphatic carboxylic acids is 1. The lowest BCUT2D eigenvalue weighted by molar-refractivity contribution is -0.308. The molecule has 1 aromatic rings. The van der Waals surface area contributed by atoms with Crippen LogP contribution in [0.15, 0.2) is 33.6 Å². The highest BCUT2D eigenvalue weighted by Crippen LogP contribution is 2.16. The third-order valence-electron chi connectivity index (χ3n) is 2.41. The molecule has 1 N–H and O–H groups in total. The maximum absolute atomic E-state index is 12.0. The molecule has 19 heavy (non-hydrogen) atoms. The Kier molecular flexibility index (Phi) is 5.51. The lowest BCUT2D eigenvalue weighted by Gasteiger charge is -2.21. The van der Waals surface area contributed by atoms with Crippen molar-refractivity contribution in [2.24, 2.45) is 5.92 Å². The fraction of sp³-hybridized carbons (Fsp3) is 0.417. The van der Waals surface area contributed by atoms with Crippen molar-refractivity contribution < 1.29 is 18.3 Å². The lowest BCUT2D eigenvalue weighted by atomic mass is 10.1. The average Bonchev–Trinajstić information content (AvgIpc) is 2.27. The van der Waals surface area contributed by atoms with Gasteiger partial charge in [0.2, 0.25) is 10.0 Å². The van der Waals surface area contributed by atoms with Crippen LogP contribution in [0.4, 0.5) is 0 Å². The molecule has 1 aromatic carbocycles. The van der Waals surface area contributed by atoms with Crippen LogP contribution in [0.3, 0.4) is 0 Å². The molecule has 0 unspecified atom stereocenters. The Morgan fingerprint density at radius 2 is 1.84 bits per heavy atom. The Labute approximate surface area is 121 Å². The number of carbonyl (C=O) groups is 1. The number of carboxylic acids is 1. The van der Waals surface area contributed by atoms with Gasteiger partial charge in [-0.3, -0.25) is 0 Å². The summed E-state index contributed by atoms with van der Waals surface area (Å²) >= 11 is 3.20. The summed E-state index contributed by atoms with van der Waals surface area (Å²) in [6.07, 6.45) is 0.179. The van der Waals surface area contributed by atoms with Crippen molar-refractivity contribution in [2.45, 2.75) is 31.2 Å². The molecular formula is C12H15BrNO4S-. The number of nitrogens with one attached hydrogen (secondary N) is 1. The molecule has 7 heteroatoms. The van der Waals surface area contributed by atoms with E-state index < -0.39 is 22.0 Å². The number of sulfonamides is 1. The number of hydrogen-bond acceptors (Lipinski definition) is 4. The van der Waals surface area contributed by atoms with Crippen LogP contribution in [-0.4, -0.2) is 20.4 Å². The summed E-state index contributed by atoms with van der Waals surface area (Å²) in [6, 6.07) is 4.71.